The maximum Gasteiger partial charge on any atom is 0.304 e. The summed E-state index contributed by atoms with van der Waals surface area (Å²) in [5, 5.41) is 9.52. The zero-order valence-corrected chi connectivity index (χ0v) is 15.2. The van der Waals surface area contributed by atoms with E-state index in [2.05, 4.69) is 4.90 Å². The van der Waals surface area contributed by atoms with E-state index in [1.807, 2.05) is 48.5 Å². The molecule has 138 valence electrons. The predicted molar refractivity (Wildman–Crippen MR) is 99.6 cm³/mol. The monoisotopic (exact) mass is 375 g/mol. The number of benzene rings is 2. The molecule has 1 N–H and O–H groups in total. The topological polar surface area (TPSA) is 59.0 Å². The number of ether oxygens (including phenoxy) is 2. The van der Waals surface area contributed by atoms with Crippen LogP contribution in [0.15, 0.2) is 48.5 Å². The molecule has 1 fully saturated rings. The molecule has 0 radical (unpaired) electrons. The van der Waals surface area contributed by atoms with Crippen LogP contribution in [0.4, 0.5) is 0 Å². The molecule has 1 aliphatic rings. The summed E-state index contributed by atoms with van der Waals surface area (Å²) in [5.41, 5.74) is 2.09. The predicted octanol–water partition coefficient (Wildman–Crippen LogP) is 3.77. The molecule has 1 aliphatic heterocycles. The van der Waals surface area contributed by atoms with E-state index < -0.39 is 5.97 Å². The van der Waals surface area contributed by atoms with E-state index >= 15 is 0 Å². The molecular formula is C20H22ClNO4. The number of carboxylic acids is 1. The van der Waals surface area contributed by atoms with Crippen molar-refractivity contribution in [1.82, 2.24) is 4.90 Å². The Morgan fingerprint density at radius 3 is 2.81 bits per heavy atom. The fourth-order valence-electron chi connectivity index (χ4n) is 2.93. The van der Waals surface area contributed by atoms with Crippen LogP contribution in [0, 0.1) is 0 Å². The first-order chi connectivity index (χ1) is 12.6. The largest absolute Gasteiger partial charge is 0.489 e. The summed E-state index contributed by atoms with van der Waals surface area (Å²) in [6.45, 7) is 3.09. The second kappa shape index (κ2) is 9.03. The Morgan fingerprint density at radius 1 is 1.27 bits per heavy atom. The van der Waals surface area contributed by atoms with Crippen LogP contribution in [-0.2, 0) is 16.1 Å². The molecule has 1 saturated heterocycles. The second-order valence-electron chi connectivity index (χ2n) is 6.29. The highest BCUT2D eigenvalue weighted by atomic mass is 35.5. The van der Waals surface area contributed by atoms with Gasteiger partial charge in [0.05, 0.1) is 19.1 Å². The van der Waals surface area contributed by atoms with Crippen molar-refractivity contribution in [2.45, 2.75) is 19.1 Å². The average molecular weight is 376 g/mol. The lowest BCUT2D eigenvalue weighted by atomic mass is 10.1. The molecule has 3 rings (SSSR count). The molecule has 2 aromatic carbocycles. The van der Waals surface area contributed by atoms with Crippen LogP contribution in [0.5, 0.6) is 5.75 Å². The molecule has 26 heavy (non-hydrogen) atoms. The minimum Gasteiger partial charge on any atom is -0.489 e. The van der Waals surface area contributed by atoms with Crippen molar-refractivity contribution in [2.75, 3.05) is 26.2 Å². The molecular weight excluding hydrogens is 354 g/mol. The highest BCUT2D eigenvalue weighted by molar-refractivity contribution is 6.30. The molecule has 0 saturated carbocycles. The number of hydrogen-bond acceptors (Lipinski definition) is 4. The smallest absolute Gasteiger partial charge is 0.304 e. The Balaban J connectivity index is 1.54. The third kappa shape index (κ3) is 5.46. The zero-order chi connectivity index (χ0) is 18.4. The third-order valence-electron chi connectivity index (χ3n) is 4.34. The first-order valence-electron chi connectivity index (χ1n) is 8.63. The molecule has 0 amide bonds. The SMILES string of the molecule is O=C(O)CCN1CCOC(c2ccc(OCc3cccc(Cl)c3)cc2)C1. The van der Waals surface area contributed by atoms with Crippen LogP contribution in [0.3, 0.4) is 0 Å². The second-order valence-corrected chi connectivity index (χ2v) is 6.73. The number of morpholine rings is 1. The Kier molecular flexibility index (Phi) is 6.50. The summed E-state index contributed by atoms with van der Waals surface area (Å²) < 4.78 is 11.6. The van der Waals surface area contributed by atoms with Gasteiger partial charge in [0, 0.05) is 24.7 Å². The first kappa shape index (κ1) is 18.7. The lowest BCUT2D eigenvalue weighted by molar-refractivity contribution is -0.137. The van der Waals surface area contributed by atoms with E-state index in [1.54, 1.807) is 0 Å². The molecule has 5 nitrogen and oxygen atoms in total. The van der Waals surface area contributed by atoms with Crippen molar-refractivity contribution in [3.63, 3.8) is 0 Å². The van der Waals surface area contributed by atoms with Gasteiger partial charge >= 0.3 is 5.97 Å². The third-order valence-corrected chi connectivity index (χ3v) is 4.57. The highest BCUT2D eigenvalue weighted by Gasteiger charge is 2.22. The highest BCUT2D eigenvalue weighted by Crippen LogP contribution is 2.25. The van der Waals surface area contributed by atoms with Gasteiger partial charge in [0.25, 0.3) is 0 Å². The van der Waals surface area contributed by atoms with Gasteiger partial charge in [-0.3, -0.25) is 9.69 Å². The number of hydrogen-bond donors (Lipinski definition) is 1. The Labute approximate surface area is 158 Å². The van der Waals surface area contributed by atoms with E-state index in [4.69, 9.17) is 26.2 Å². The fraction of sp³-hybridized carbons (Fsp3) is 0.350. The maximum absolute atomic E-state index is 10.7. The van der Waals surface area contributed by atoms with Gasteiger partial charge in [-0.1, -0.05) is 35.9 Å². The van der Waals surface area contributed by atoms with E-state index in [0.29, 0.717) is 31.3 Å². The van der Waals surface area contributed by atoms with Crippen LogP contribution in [0.1, 0.15) is 23.7 Å². The lowest BCUT2D eigenvalue weighted by Gasteiger charge is -2.32. The number of carbonyl (C=O) groups is 1. The van der Waals surface area contributed by atoms with Gasteiger partial charge in [-0.2, -0.15) is 0 Å². The minimum atomic E-state index is -0.769. The minimum absolute atomic E-state index is 0.0421. The summed E-state index contributed by atoms with van der Waals surface area (Å²) in [6, 6.07) is 15.5. The Morgan fingerprint density at radius 2 is 2.08 bits per heavy atom. The van der Waals surface area contributed by atoms with Crippen molar-refractivity contribution in [2.24, 2.45) is 0 Å². The van der Waals surface area contributed by atoms with Crippen molar-refractivity contribution in [1.29, 1.82) is 0 Å². The number of nitrogens with zero attached hydrogens (tertiary/aromatic N) is 1. The Hall–Kier alpha value is -2.08. The van der Waals surface area contributed by atoms with Crippen molar-refractivity contribution < 1.29 is 19.4 Å². The van der Waals surface area contributed by atoms with E-state index in [-0.39, 0.29) is 12.5 Å². The number of rotatable bonds is 7. The van der Waals surface area contributed by atoms with Gasteiger partial charge in [-0.25, -0.2) is 0 Å². The standard InChI is InChI=1S/C20H22ClNO4/c21-17-3-1-2-15(12-17)14-26-18-6-4-16(5-7-18)19-13-22(10-11-25-19)9-8-20(23)24/h1-7,12,19H,8-11,13-14H2,(H,23,24). The maximum atomic E-state index is 10.7. The van der Waals surface area contributed by atoms with Gasteiger partial charge in [0.15, 0.2) is 0 Å². The number of halogens is 1. The van der Waals surface area contributed by atoms with Crippen molar-refractivity contribution in [3.8, 4) is 5.75 Å². The summed E-state index contributed by atoms with van der Waals surface area (Å²) in [7, 11) is 0. The van der Waals surface area contributed by atoms with Crippen LogP contribution >= 0.6 is 11.6 Å². The van der Waals surface area contributed by atoms with Crippen molar-refractivity contribution in [3.05, 3.63) is 64.7 Å². The average Bonchev–Trinajstić information content (AvgIpc) is 2.65. The lowest BCUT2D eigenvalue weighted by Crippen LogP contribution is -2.39. The molecule has 0 spiro atoms. The fourth-order valence-corrected chi connectivity index (χ4v) is 3.15. The number of carboxylic acid groups (broad SMARTS) is 1. The van der Waals surface area contributed by atoms with Gasteiger partial charge < -0.3 is 14.6 Å². The molecule has 1 unspecified atom stereocenters. The van der Waals surface area contributed by atoms with Gasteiger partial charge in [-0.15, -0.1) is 0 Å². The van der Waals surface area contributed by atoms with E-state index in [0.717, 1.165) is 23.4 Å². The van der Waals surface area contributed by atoms with E-state index in [9.17, 15) is 4.79 Å². The quantitative estimate of drug-likeness (QED) is 0.798. The summed E-state index contributed by atoms with van der Waals surface area (Å²) in [4.78, 5) is 12.9. The first-order valence-corrected chi connectivity index (χ1v) is 9.01. The van der Waals surface area contributed by atoms with Crippen LogP contribution in [0.2, 0.25) is 5.02 Å². The molecule has 0 aromatic heterocycles. The molecule has 0 bridgehead atoms. The van der Waals surface area contributed by atoms with Gasteiger partial charge in [0.1, 0.15) is 12.4 Å². The summed E-state index contributed by atoms with van der Waals surface area (Å²) >= 11 is 5.98. The zero-order valence-electron chi connectivity index (χ0n) is 14.4. The Bertz CT molecular complexity index is 735. The van der Waals surface area contributed by atoms with Crippen molar-refractivity contribution >= 4 is 17.6 Å². The summed E-state index contributed by atoms with van der Waals surface area (Å²) in [6.07, 6.45) is 0.114. The van der Waals surface area contributed by atoms with Gasteiger partial charge in [0.2, 0.25) is 0 Å². The molecule has 6 heteroatoms. The van der Waals surface area contributed by atoms with Crippen LogP contribution < -0.4 is 4.74 Å². The molecule has 2 aromatic rings. The van der Waals surface area contributed by atoms with Gasteiger partial charge in [-0.05, 0) is 35.4 Å². The molecule has 0 aliphatic carbocycles. The van der Waals surface area contributed by atoms with Crippen LogP contribution in [-0.4, -0.2) is 42.2 Å². The molecule has 1 atom stereocenters. The molecule has 1 heterocycles. The number of aliphatic carboxylic acids is 1. The van der Waals surface area contributed by atoms with E-state index in [1.165, 1.54) is 0 Å². The van der Waals surface area contributed by atoms with Crippen LogP contribution in [0.25, 0.3) is 0 Å². The normalized spacial score (nSPS) is 17.8. The summed E-state index contributed by atoms with van der Waals surface area (Å²) in [5.74, 6) is 0.0153.